The number of benzene rings is 3. The highest BCUT2D eigenvalue weighted by Gasteiger charge is 2.15. The highest BCUT2D eigenvalue weighted by atomic mass is 16.6. The maximum Gasteiger partial charge on any atom is 0.272 e. The molecule has 10 nitrogen and oxygen atoms in total. The number of anilines is 2. The van der Waals surface area contributed by atoms with Crippen LogP contribution in [0.5, 0.6) is 0 Å². The second-order valence-corrected chi connectivity index (χ2v) is 7.00. The van der Waals surface area contributed by atoms with Gasteiger partial charge in [0.15, 0.2) is 0 Å². The lowest BCUT2D eigenvalue weighted by molar-refractivity contribution is -0.385. The van der Waals surface area contributed by atoms with Crippen molar-refractivity contribution in [2.75, 3.05) is 10.6 Å². The van der Waals surface area contributed by atoms with Gasteiger partial charge >= 0.3 is 0 Å². The molecule has 0 bridgehead atoms. The maximum atomic E-state index is 12.4. The van der Waals surface area contributed by atoms with Gasteiger partial charge in [0.05, 0.1) is 9.85 Å². The smallest absolute Gasteiger partial charge is 0.272 e. The molecule has 3 aromatic carbocycles. The van der Waals surface area contributed by atoms with E-state index >= 15 is 0 Å². The number of nitro groups is 2. The Morgan fingerprint density at radius 3 is 1.28 bits per heavy atom. The van der Waals surface area contributed by atoms with E-state index in [0.717, 1.165) is 0 Å². The van der Waals surface area contributed by atoms with Crippen LogP contribution in [0.1, 0.15) is 31.8 Å². The molecule has 162 valence electrons. The molecular formula is C22H18N4O6. The number of amides is 2. The van der Waals surface area contributed by atoms with Gasteiger partial charge in [-0.2, -0.15) is 0 Å². The van der Waals surface area contributed by atoms with Gasteiger partial charge in [0.1, 0.15) is 0 Å². The number of carbonyl (C=O) groups excluding carboxylic acids is 2. The van der Waals surface area contributed by atoms with Crippen molar-refractivity contribution >= 4 is 34.6 Å². The third kappa shape index (κ3) is 4.93. The fraction of sp³-hybridized carbons (Fsp3) is 0.0909. The summed E-state index contributed by atoms with van der Waals surface area (Å²) in [6, 6.07) is 14.6. The number of carbonyl (C=O) groups is 2. The third-order valence-electron chi connectivity index (χ3n) is 4.71. The summed E-state index contributed by atoms with van der Waals surface area (Å²) >= 11 is 0. The number of rotatable bonds is 6. The lowest BCUT2D eigenvalue weighted by Gasteiger charge is -2.09. The molecule has 3 aromatic rings. The van der Waals surface area contributed by atoms with Crippen molar-refractivity contribution in [1.82, 2.24) is 0 Å². The molecule has 0 aliphatic rings. The van der Waals surface area contributed by atoms with Gasteiger partial charge in [-0.25, -0.2) is 0 Å². The zero-order valence-corrected chi connectivity index (χ0v) is 17.1. The highest BCUT2D eigenvalue weighted by molar-refractivity contribution is 6.06. The third-order valence-corrected chi connectivity index (χ3v) is 4.71. The predicted molar refractivity (Wildman–Crippen MR) is 118 cm³/mol. The quantitative estimate of drug-likeness (QED) is 0.428. The number of hydrogen-bond acceptors (Lipinski definition) is 6. The van der Waals surface area contributed by atoms with E-state index < -0.39 is 21.7 Å². The van der Waals surface area contributed by atoms with Crippen LogP contribution in [0.2, 0.25) is 0 Å². The topological polar surface area (TPSA) is 144 Å². The standard InChI is InChI=1S/C22H18N4O6/c1-13-11-15(3-9-19(13)25(29)30)21(27)23-17-5-7-18(8-6-17)24-22(28)16-4-10-20(26(31)32)14(2)12-16/h3-12H,1-2H3,(H,23,27)(H,24,28). The van der Waals surface area contributed by atoms with Crippen LogP contribution in [0.25, 0.3) is 0 Å². The summed E-state index contributed by atoms with van der Waals surface area (Å²) in [5.41, 5.74) is 2.11. The van der Waals surface area contributed by atoms with E-state index in [9.17, 15) is 29.8 Å². The summed E-state index contributed by atoms with van der Waals surface area (Å²) < 4.78 is 0. The highest BCUT2D eigenvalue weighted by Crippen LogP contribution is 2.22. The van der Waals surface area contributed by atoms with Gasteiger partial charge in [-0.15, -0.1) is 0 Å². The number of aryl methyl sites for hydroxylation is 2. The summed E-state index contributed by atoms with van der Waals surface area (Å²) in [4.78, 5) is 45.6. The molecule has 2 N–H and O–H groups in total. The average Bonchev–Trinajstić information content (AvgIpc) is 2.74. The van der Waals surface area contributed by atoms with E-state index in [0.29, 0.717) is 22.5 Å². The Bertz CT molecular complexity index is 1140. The summed E-state index contributed by atoms with van der Waals surface area (Å²) in [5, 5.41) is 27.2. The van der Waals surface area contributed by atoms with E-state index in [1.165, 1.54) is 36.4 Å². The van der Waals surface area contributed by atoms with Crippen molar-refractivity contribution < 1.29 is 19.4 Å². The van der Waals surface area contributed by atoms with Gasteiger partial charge in [-0.1, -0.05) is 0 Å². The number of nitrogens with one attached hydrogen (secondary N) is 2. The fourth-order valence-corrected chi connectivity index (χ4v) is 3.05. The molecule has 0 aliphatic heterocycles. The molecular weight excluding hydrogens is 416 g/mol. The zero-order valence-electron chi connectivity index (χ0n) is 17.1. The second-order valence-electron chi connectivity index (χ2n) is 7.00. The molecule has 10 heteroatoms. The van der Waals surface area contributed by atoms with Crippen LogP contribution in [0.3, 0.4) is 0 Å². The molecule has 0 saturated heterocycles. The first-order valence-corrected chi connectivity index (χ1v) is 9.38. The monoisotopic (exact) mass is 434 g/mol. The van der Waals surface area contributed by atoms with Crippen molar-refractivity contribution in [2.24, 2.45) is 0 Å². The van der Waals surface area contributed by atoms with Crippen molar-refractivity contribution in [3.8, 4) is 0 Å². The van der Waals surface area contributed by atoms with Crippen LogP contribution < -0.4 is 10.6 Å². The van der Waals surface area contributed by atoms with Crippen LogP contribution in [0.4, 0.5) is 22.7 Å². The van der Waals surface area contributed by atoms with Crippen LogP contribution >= 0.6 is 0 Å². The molecule has 0 fully saturated rings. The van der Waals surface area contributed by atoms with E-state index in [1.807, 2.05) is 0 Å². The Kier molecular flexibility index (Phi) is 6.24. The van der Waals surface area contributed by atoms with Crippen molar-refractivity contribution in [3.63, 3.8) is 0 Å². The first-order valence-electron chi connectivity index (χ1n) is 9.38. The molecule has 0 atom stereocenters. The minimum atomic E-state index is -0.512. The zero-order chi connectivity index (χ0) is 23.4. The minimum absolute atomic E-state index is 0.0649. The second kappa shape index (κ2) is 9.04. The summed E-state index contributed by atoms with van der Waals surface area (Å²) in [6.45, 7) is 3.11. The fourth-order valence-electron chi connectivity index (χ4n) is 3.05. The lowest BCUT2D eigenvalue weighted by atomic mass is 10.1. The van der Waals surface area contributed by atoms with Crippen LogP contribution in [-0.2, 0) is 0 Å². The van der Waals surface area contributed by atoms with Gasteiger partial charge in [-0.3, -0.25) is 29.8 Å². The Labute approximate surface area is 182 Å². The summed E-state index contributed by atoms with van der Waals surface area (Å²) in [6.07, 6.45) is 0. The Morgan fingerprint density at radius 1 is 0.656 bits per heavy atom. The average molecular weight is 434 g/mol. The van der Waals surface area contributed by atoms with Gasteiger partial charge in [0.25, 0.3) is 23.2 Å². The number of hydrogen-bond donors (Lipinski definition) is 2. The molecule has 0 spiro atoms. The SMILES string of the molecule is Cc1cc(C(=O)Nc2ccc(NC(=O)c3ccc([N+](=O)[O-])c(C)c3)cc2)ccc1[N+](=O)[O-]. The van der Waals surface area contributed by atoms with Crippen molar-refractivity contribution in [1.29, 1.82) is 0 Å². The Hall–Kier alpha value is -4.60. The van der Waals surface area contributed by atoms with Gasteiger partial charge in [-0.05, 0) is 62.4 Å². The lowest BCUT2D eigenvalue weighted by Crippen LogP contribution is -2.13. The molecule has 0 saturated carbocycles. The van der Waals surface area contributed by atoms with Gasteiger partial charge in [0.2, 0.25) is 0 Å². The Morgan fingerprint density at radius 2 is 1.00 bits per heavy atom. The van der Waals surface area contributed by atoms with Gasteiger partial charge < -0.3 is 10.6 Å². The van der Waals surface area contributed by atoms with E-state index in [-0.39, 0.29) is 22.5 Å². The van der Waals surface area contributed by atoms with Crippen molar-refractivity contribution in [3.05, 3.63) is 103 Å². The molecule has 0 radical (unpaired) electrons. The van der Waals surface area contributed by atoms with Crippen LogP contribution in [0.15, 0.2) is 60.7 Å². The molecule has 32 heavy (non-hydrogen) atoms. The first kappa shape index (κ1) is 22.1. The molecule has 0 heterocycles. The minimum Gasteiger partial charge on any atom is -0.322 e. The molecule has 3 rings (SSSR count). The van der Waals surface area contributed by atoms with E-state index in [1.54, 1.807) is 38.1 Å². The normalized spacial score (nSPS) is 10.3. The molecule has 2 amide bonds. The van der Waals surface area contributed by atoms with Gasteiger partial charge in [0, 0.05) is 45.8 Å². The first-order chi connectivity index (χ1) is 15.2. The summed E-state index contributed by atoms with van der Waals surface area (Å²) in [5.74, 6) is -0.859. The van der Waals surface area contributed by atoms with Crippen LogP contribution in [0, 0.1) is 34.1 Å². The molecule has 0 aromatic heterocycles. The Balaban J connectivity index is 1.66. The van der Waals surface area contributed by atoms with Crippen LogP contribution in [-0.4, -0.2) is 21.7 Å². The largest absolute Gasteiger partial charge is 0.322 e. The maximum absolute atomic E-state index is 12.4. The number of nitro benzene ring substituents is 2. The van der Waals surface area contributed by atoms with E-state index in [2.05, 4.69) is 10.6 Å². The predicted octanol–water partition coefficient (Wildman–Crippen LogP) is 4.62. The summed E-state index contributed by atoms with van der Waals surface area (Å²) in [7, 11) is 0. The number of nitrogens with zero attached hydrogens (tertiary/aromatic N) is 2. The van der Waals surface area contributed by atoms with Crippen molar-refractivity contribution in [2.45, 2.75) is 13.8 Å². The molecule has 0 aliphatic carbocycles. The van der Waals surface area contributed by atoms with E-state index in [4.69, 9.17) is 0 Å². The molecule has 0 unspecified atom stereocenters.